The fraction of sp³-hybridized carbons (Fsp3) is 0.794. The van der Waals surface area contributed by atoms with Crippen molar-refractivity contribution in [2.75, 3.05) is 13.2 Å². The molecule has 10 aliphatic rings. The molecule has 0 aromatic rings. The maximum atomic E-state index is 12.1. The topological polar surface area (TPSA) is 297 Å². The van der Waals surface area contributed by atoms with E-state index < -0.39 is 85.5 Å². The Hall–Kier alpha value is -5.20. The summed E-state index contributed by atoms with van der Waals surface area (Å²) in [5.74, 6) is -2.43. The lowest BCUT2D eigenvalue weighted by Gasteiger charge is -2.38. The molecule has 4 bridgehead atoms. The molecule has 22 nitrogen and oxygen atoms in total. The van der Waals surface area contributed by atoms with Crippen LogP contribution in [0.2, 0.25) is 0 Å². The lowest BCUT2D eigenvalue weighted by Crippen LogP contribution is -2.40. The van der Waals surface area contributed by atoms with E-state index in [1.807, 2.05) is 48.5 Å². The van der Waals surface area contributed by atoms with Gasteiger partial charge in [0.05, 0.1) is 40.0 Å². The standard InChI is InChI=1S/C14H26O2.C13H20O5S.C12H20O2.C11H14O5S.C10H16O4.C8H10O4/c1-5-13(3,4)12(15)16-14(6-2)10-8-7-9-11-14;1-4-13(2,3)12(14)17-10-7-5-8-9(6-7)19(15,16)18-11(8)10;1-4-12(8-6-5-7-9-12)14-11(13)10(2)3;1-5(2)11(12)15-9-6-3-7-8(4-6)17(13,14)16-10(7)9;1-4-10(2,3)9(12)14-7-5-6-13-8(7)11;1-5(2)7(9)12-6-3-4-11-8(6)10/h5-11H2,1-4H3;7-11H,4-6H2,1-3H3;2,4-9H2,1,3H3;6-10H,1,3-4H2,2H3;7H,4-6H2,1-3H3;6H,1,3-4H2,2H3. The Labute approximate surface area is 546 Å². The predicted molar refractivity (Wildman–Crippen MR) is 339 cm³/mol. The molecular formula is C68H106O22S2. The molecule has 4 saturated heterocycles. The van der Waals surface area contributed by atoms with E-state index in [2.05, 4.69) is 38.3 Å². The van der Waals surface area contributed by atoms with E-state index in [0.29, 0.717) is 62.9 Å². The number of carbonyl (C=O) groups is 8. The van der Waals surface area contributed by atoms with Crippen molar-refractivity contribution in [3.05, 3.63) is 36.5 Å². The van der Waals surface area contributed by atoms with Gasteiger partial charge in [-0.05, 0) is 171 Å². The Bertz CT molecular complexity index is 2930. The molecule has 0 radical (unpaired) electrons. The second kappa shape index (κ2) is 32.0. The van der Waals surface area contributed by atoms with Crippen molar-refractivity contribution in [1.82, 2.24) is 0 Å². The van der Waals surface area contributed by atoms with Crippen LogP contribution in [0.25, 0.3) is 0 Å². The van der Waals surface area contributed by atoms with Crippen molar-refractivity contribution < 1.29 is 101 Å². The lowest BCUT2D eigenvalue weighted by molar-refractivity contribution is -0.175. The van der Waals surface area contributed by atoms with Crippen LogP contribution in [0.4, 0.5) is 0 Å². The van der Waals surface area contributed by atoms with Crippen LogP contribution in [0.1, 0.15) is 232 Å². The number of fused-ring (bicyclic) bond motifs is 2. The zero-order valence-electron chi connectivity index (χ0n) is 57.1. The van der Waals surface area contributed by atoms with Crippen LogP contribution >= 0.6 is 0 Å². The van der Waals surface area contributed by atoms with Crippen molar-refractivity contribution in [1.29, 1.82) is 0 Å². The van der Waals surface area contributed by atoms with Crippen molar-refractivity contribution in [3.8, 4) is 0 Å². The molecule has 24 heteroatoms. The van der Waals surface area contributed by atoms with E-state index in [4.69, 9.17) is 41.5 Å². The zero-order chi connectivity index (χ0) is 69.1. The van der Waals surface area contributed by atoms with Gasteiger partial charge in [-0.25, -0.2) is 24.0 Å². The van der Waals surface area contributed by atoms with Gasteiger partial charge in [0.15, 0.2) is 0 Å². The third kappa shape index (κ3) is 19.3. The smallest absolute Gasteiger partial charge is 0.347 e. The molecule has 4 heterocycles. The van der Waals surface area contributed by atoms with Crippen LogP contribution in [0.15, 0.2) is 36.5 Å². The second-order valence-corrected chi connectivity index (χ2v) is 32.0. The van der Waals surface area contributed by atoms with Crippen molar-refractivity contribution in [2.45, 2.75) is 290 Å². The molecule has 6 aliphatic carbocycles. The third-order valence-electron chi connectivity index (χ3n) is 20.4. The van der Waals surface area contributed by atoms with Gasteiger partial charge >= 0.3 is 47.8 Å². The van der Waals surface area contributed by atoms with Gasteiger partial charge in [-0.3, -0.25) is 22.7 Å². The van der Waals surface area contributed by atoms with Crippen LogP contribution < -0.4 is 0 Å². The van der Waals surface area contributed by atoms with E-state index in [1.54, 1.807) is 27.7 Å². The van der Waals surface area contributed by atoms with Gasteiger partial charge in [-0.2, -0.15) is 16.8 Å². The van der Waals surface area contributed by atoms with E-state index in [-0.39, 0.29) is 86.3 Å². The molecule has 12 atom stereocenters. The summed E-state index contributed by atoms with van der Waals surface area (Å²) in [6, 6.07) is 0. The first kappa shape index (κ1) is 77.5. The van der Waals surface area contributed by atoms with Gasteiger partial charge < -0.3 is 37.9 Å². The first-order valence-electron chi connectivity index (χ1n) is 33.2. The monoisotopic (exact) mass is 1340 g/mol. The molecule has 10 fully saturated rings. The van der Waals surface area contributed by atoms with Gasteiger partial charge in [0.1, 0.15) is 35.6 Å². The highest BCUT2D eigenvalue weighted by Crippen LogP contribution is 2.57. The summed E-state index contributed by atoms with van der Waals surface area (Å²) in [5.41, 5.74) is -0.611. The maximum Gasteiger partial charge on any atom is 0.347 e. The van der Waals surface area contributed by atoms with Gasteiger partial charge in [0.25, 0.3) is 20.2 Å². The SMILES string of the molecule is C=C(C)C(=O)OC1(CC)CCCCC1.C=C(C)C(=O)OC1C2CC3C1OS(=O)(=O)C3C2.C=C(C)C(=O)OC1CCOC1=O.CCC(C)(C)C(=O)OC1C2CC3C1OS(=O)(=O)C3C2.CCC(C)(C)C(=O)OC1CCOC1=O.CCC1(OC(=O)C(C)(C)CC)CCCCC1. The van der Waals surface area contributed by atoms with Gasteiger partial charge in [0, 0.05) is 53.2 Å². The summed E-state index contributed by atoms with van der Waals surface area (Å²) in [4.78, 5) is 91.5. The number of ether oxygens (including phenoxy) is 8. The van der Waals surface area contributed by atoms with E-state index in [9.17, 15) is 55.2 Å². The zero-order valence-corrected chi connectivity index (χ0v) is 58.7. The van der Waals surface area contributed by atoms with Gasteiger partial charge in [0.2, 0.25) is 12.2 Å². The molecule has 0 aromatic carbocycles. The lowest BCUT2D eigenvalue weighted by atomic mass is 9.82. The first-order valence-corrected chi connectivity index (χ1v) is 36.2. The number of hydrogen-bond donors (Lipinski definition) is 0. The number of cyclic esters (lactones) is 2. The molecule has 4 aliphatic heterocycles. The molecule has 6 saturated carbocycles. The fourth-order valence-corrected chi connectivity index (χ4v) is 16.5. The summed E-state index contributed by atoms with van der Waals surface area (Å²) in [5, 5.41) is -0.742. The Morgan fingerprint density at radius 3 is 1.18 bits per heavy atom. The maximum absolute atomic E-state index is 12.1. The van der Waals surface area contributed by atoms with E-state index >= 15 is 0 Å². The van der Waals surface area contributed by atoms with Crippen LogP contribution in [0.3, 0.4) is 0 Å². The van der Waals surface area contributed by atoms with Crippen molar-refractivity contribution >= 4 is 68.0 Å². The molecule has 522 valence electrons. The Morgan fingerprint density at radius 1 is 0.478 bits per heavy atom. The fourth-order valence-electron chi connectivity index (χ4n) is 12.8. The summed E-state index contributed by atoms with van der Waals surface area (Å²) in [6.07, 6.45) is 16.1. The van der Waals surface area contributed by atoms with Gasteiger partial charge in [-0.1, -0.05) is 67.2 Å². The Kier molecular flexibility index (Phi) is 27.0. The average molecular weight is 1340 g/mol. The highest BCUT2D eigenvalue weighted by atomic mass is 32.2. The highest BCUT2D eigenvalue weighted by Gasteiger charge is 2.67. The van der Waals surface area contributed by atoms with E-state index in [1.165, 1.54) is 45.4 Å². The van der Waals surface area contributed by atoms with Crippen LogP contribution in [-0.2, 0) is 105 Å². The van der Waals surface area contributed by atoms with Crippen LogP contribution in [0, 0.1) is 39.9 Å². The summed E-state index contributed by atoms with van der Waals surface area (Å²) < 4.78 is 98.6. The largest absolute Gasteiger partial charge is 0.463 e. The Morgan fingerprint density at radius 2 is 0.826 bits per heavy atom. The minimum Gasteiger partial charge on any atom is -0.463 e. The first-order chi connectivity index (χ1) is 42.8. The summed E-state index contributed by atoms with van der Waals surface area (Å²) in [7, 11) is -6.87. The third-order valence-corrected chi connectivity index (χ3v) is 23.9. The molecule has 12 unspecified atom stereocenters. The predicted octanol–water partition coefficient (Wildman–Crippen LogP) is 11.1. The number of carbonyl (C=O) groups excluding carboxylic acids is 8. The summed E-state index contributed by atoms with van der Waals surface area (Å²) in [6.45, 7) is 37.4. The molecule has 0 N–H and O–H groups in total. The molecule has 0 spiro atoms. The molecule has 92 heavy (non-hydrogen) atoms. The average Bonchev–Trinajstić information content (AvgIpc) is 1.57. The molecule has 10 rings (SSSR count). The highest BCUT2D eigenvalue weighted by molar-refractivity contribution is 7.88. The van der Waals surface area contributed by atoms with Gasteiger partial charge in [-0.15, -0.1) is 0 Å². The second-order valence-electron chi connectivity index (χ2n) is 28.4. The minimum atomic E-state index is -3.43. The van der Waals surface area contributed by atoms with E-state index in [0.717, 1.165) is 57.8 Å². The van der Waals surface area contributed by atoms with Crippen molar-refractivity contribution in [2.24, 2.45) is 39.9 Å². The normalized spacial score (nSPS) is 29.9. The Balaban J connectivity index is 0.000000202. The number of esters is 8. The molecule has 0 amide bonds. The molecular weight excluding hydrogens is 1230 g/mol. The number of rotatable bonds is 17. The quantitative estimate of drug-likeness (QED) is 0.0565. The van der Waals surface area contributed by atoms with Crippen molar-refractivity contribution in [3.63, 3.8) is 0 Å². The number of hydrogen-bond acceptors (Lipinski definition) is 22. The minimum absolute atomic E-state index is 0.00733. The van der Waals surface area contributed by atoms with Crippen LogP contribution in [0.5, 0.6) is 0 Å². The molecule has 0 aromatic heterocycles. The summed E-state index contributed by atoms with van der Waals surface area (Å²) >= 11 is 0. The van der Waals surface area contributed by atoms with Crippen LogP contribution in [-0.4, -0.2) is 136 Å².